The third-order valence-electron chi connectivity index (χ3n) is 2.84. The van der Waals surface area contributed by atoms with Crippen LogP contribution in [0, 0.1) is 0 Å². The SMILES string of the molecule is O=C(c1cnccn1)N1CC(Oc2ccccn2)C1. The van der Waals surface area contributed by atoms with Crippen LogP contribution in [0.5, 0.6) is 5.88 Å². The molecule has 6 heteroatoms. The number of aromatic nitrogens is 3. The van der Waals surface area contributed by atoms with Crippen molar-refractivity contribution in [1.29, 1.82) is 0 Å². The van der Waals surface area contributed by atoms with Gasteiger partial charge in [0.05, 0.1) is 19.3 Å². The Hall–Kier alpha value is -2.50. The van der Waals surface area contributed by atoms with Gasteiger partial charge in [0.2, 0.25) is 5.88 Å². The lowest BCUT2D eigenvalue weighted by Crippen LogP contribution is -2.56. The molecule has 1 amide bonds. The van der Waals surface area contributed by atoms with Crippen LogP contribution < -0.4 is 4.74 Å². The molecule has 0 aliphatic carbocycles. The topological polar surface area (TPSA) is 68.2 Å². The highest BCUT2D eigenvalue weighted by Gasteiger charge is 2.33. The molecule has 0 radical (unpaired) electrons. The second-order valence-electron chi connectivity index (χ2n) is 4.21. The predicted molar refractivity (Wildman–Crippen MR) is 66.6 cm³/mol. The van der Waals surface area contributed by atoms with E-state index in [0.29, 0.717) is 24.7 Å². The fraction of sp³-hybridized carbons (Fsp3) is 0.231. The molecule has 1 aliphatic heterocycles. The van der Waals surface area contributed by atoms with Crippen LogP contribution in [0.2, 0.25) is 0 Å². The number of hydrogen-bond donors (Lipinski definition) is 0. The number of carbonyl (C=O) groups excluding carboxylic acids is 1. The van der Waals surface area contributed by atoms with Crippen molar-refractivity contribution in [3.05, 3.63) is 48.7 Å². The van der Waals surface area contributed by atoms with Crippen molar-refractivity contribution in [3.8, 4) is 5.88 Å². The first-order valence-corrected chi connectivity index (χ1v) is 5.96. The smallest absolute Gasteiger partial charge is 0.274 e. The minimum atomic E-state index is -0.117. The average Bonchev–Trinajstić information content (AvgIpc) is 2.44. The summed E-state index contributed by atoms with van der Waals surface area (Å²) in [5, 5.41) is 0. The molecule has 1 aliphatic rings. The summed E-state index contributed by atoms with van der Waals surface area (Å²) in [5.74, 6) is 0.466. The highest BCUT2D eigenvalue weighted by molar-refractivity contribution is 5.92. The molecule has 6 nitrogen and oxygen atoms in total. The van der Waals surface area contributed by atoms with Crippen LogP contribution >= 0.6 is 0 Å². The molecule has 3 rings (SSSR count). The number of nitrogens with zero attached hydrogens (tertiary/aromatic N) is 4. The van der Waals surface area contributed by atoms with Gasteiger partial charge in [0.15, 0.2) is 0 Å². The maximum Gasteiger partial charge on any atom is 0.274 e. The summed E-state index contributed by atoms with van der Waals surface area (Å²) in [6, 6.07) is 5.49. The molecule has 0 bridgehead atoms. The van der Waals surface area contributed by atoms with Gasteiger partial charge in [-0.2, -0.15) is 0 Å². The average molecular weight is 256 g/mol. The fourth-order valence-electron chi connectivity index (χ4n) is 1.84. The third-order valence-corrected chi connectivity index (χ3v) is 2.84. The van der Waals surface area contributed by atoms with Gasteiger partial charge in [0.25, 0.3) is 5.91 Å². The number of carbonyl (C=O) groups is 1. The van der Waals surface area contributed by atoms with Crippen LogP contribution in [-0.4, -0.2) is 45.0 Å². The highest BCUT2D eigenvalue weighted by Crippen LogP contribution is 2.17. The van der Waals surface area contributed by atoms with Gasteiger partial charge in [-0.15, -0.1) is 0 Å². The molecule has 3 heterocycles. The van der Waals surface area contributed by atoms with Crippen molar-refractivity contribution in [2.75, 3.05) is 13.1 Å². The van der Waals surface area contributed by atoms with Crippen LogP contribution in [0.3, 0.4) is 0 Å². The van der Waals surface area contributed by atoms with Gasteiger partial charge in [0, 0.05) is 24.7 Å². The van der Waals surface area contributed by atoms with Crippen LogP contribution in [-0.2, 0) is 0 Å². The first-order chi connectivity index (χ1) is 9.33. The van der Waals surface area contributed by atoms with Gasteiger partial charge >= 0.3 is 0 Å². The predicted octanol–water partition coefficient (Wildman–Crippen LogP) is 0.775. The molecular formula is C13H12N4O2. The van der Waals surface area contributed by atoms with Crippen LogP contribution in [0.1, 0.15) is 10.5 Å². The zero-order valence-electron chi connectivity index (χ0n) is 10.1. The Morgan fingerprint density at radius 2 is 2.11 bits per heavy atom. The summed E-state index contributed by atoms with van der Waals surface area (Å²) in [6.07, 6.45) is 6.19. The Morgan fingerprint density at radius 1 is 1.21 bits per heavy atom. The molecule has 2 aromatic rings. The summed E-state index contributed by atoms with van der Waals surface area (Å²) in [5.41, 5.74) is 0.360. The number of likely N-dealkylation sites (tertiary alicyclic amines) is 1. The number of ether oxygens (including phenoxy) is 1. The van der Waals surface area contributed by atoms with E-state index in [0.717, 1.165) is 0 Å². The second kappa shape index (κ2) is 5.01. The molecule has 19 heavy (non-hydrogen) atoms. The first kappa shape index (κ1) is 11.6. The lowest BCUT2D eigenvalue weighted by molar-refractivity contribution is 0.0155. The summed E-state index contributed by atoms with van der Waals surface area (Å²) >= 11 is 0. The largest absolute Gasteiger partial charge is 0.471 e. The number of rotatable bonds is 3. The standard InChI is InChI=1S/C13H12N4O2/c18-13(11-7-14-5-6-15-11)17-8-10(9-17)19-12-3-1-2-4-16-12/h1-7,10H,8-9H2. The molecule has 0 unspecified atom stereocenters. The van der Waals surface area contributed by atoms with Gasteiger partial charge in [-0.25, -0.2) is 9.97 Å². The monoisotopic (exact) mass is 256 g/mol. The van der Waals surface area contributed by atoms with E-state index in [-0.39, 0.29) is 12.0 Å². The molecule has 96 valence electrons. The maximum absolute atomic E-state index is 12.0. The Kier molecular flexibility index (Phi) is 3.06. The Balaban J connectivity index is 1.54. The van der Waals surface area contributed by atoms with Crippen molar-refractivity contribution in [1.82, 2.24) is 19.9 Å². The van der Waals surface area contributed by atoms with E-state index in [2.05, 4.69) is 15.0 Å². The van der Waals surface area contributed by atoms with E-state index >= 15 is 0 Å². The molecule has 1 fully saturated rings. The summed E-state index contributed by atoms with van der Waals surface area (Å²) in [4.78, 5) is 25.6. The molecule has 0 atom stereocenters. The van der Waals surface area contributed by atoms with Crippen LogP contribution in [0.25, 0.3) is 0 Å². The minimum absolute atomic E-state index is 0.00415. The Bertz CT molecular complexity index is 555. The van der Waals surface area contributed by atoms with Crippen LogP contribution in [0.4, 0.5) is 0 Å². The second-order valence-corrected chi connectivity index (χ2v) is 4.21. The summed E-state index contributed by atoms with van der Waals surface area (Å²) in [7, 11) is 0. The number of pyridine rings is 1. The normalized spacial score (nSPS) is 14.8. The van der Waals surface area contributed by atoms with Crippen LogP contribution in [0.15, 0.2) is 43.0 Å². The quantitative estimate of drug-likeness (QED) is 0.811. The van der Waals surface area contributed by atoms with Crippen molar-refractivity contribution >= 4 is 5.91 Å². The van der Waals surface area contributed by atoms with E-state index in [1.807, 2.05) is 12.1 Å². The van der Waals surface area contributed by atoms with E-state index in [1.165, 1.54) is 12.4 Å². The lowest BCUT2D eigenvalue weighted by atomic mass is 10.1. The minimum Gasteiger partial charge on any atom is -0.471 e. The molecule has 1 saturated heterocycles. The molecule has 0 aromatic carbocycles. The van der Waals surface area contributed by atoms with Gasteiger partial charge in [-0.3, -0.25) is 9.78 Å². The van der Waals surface area contributed by atoms with E-state index in [9.17, 15) is 4.79 Å². The van der Waals surface area contributed by atoms with Crippen molar-refractivity contribution in [2.45, 2.75) is 6.10 Å². The van der Waals surface area contributed by atoms with Gasteiger partial charge < -0.3 is 9.64 Å². The molecule has 0 spiro atoms. The molecule has 0 saturated carbocycles. The van der Waals surface area contributed by atoms with Crippen molar-refractivity contribution in [3.63, 3.8) is 0 Å². The van der Waals surface area contributed by atoms with Crippen molar-refractivity contribution in [2.24, 2.45) is 0 Å². The van der Waals surface area contributed by atoms with Gasteiger partial charge in [0.1, 0.15) is 11.8 Å². The number of hydrogen-bond acceptors (Lipinski definition) is 5. The summed E-state index contributed by atoms with van der Waals surface area (Å²) < 4.78 is 5.63. The molecular weight excluding hydrogens is 244 g/mol. The first-order valence-electron chi connectivity index (χ1n) is 5.96. The van der Waals surface area contributed by atoms with Crippen molar-refractivity contribution < 1.29 is 9.53 Å². The Labute approximate surface area is 110 Å². The van der Waals surface area contributed by atoms with E-state index in [1.54, 1.807) is 23.4 Å². The number of amides is 1. The summed E-state index contributed by atoms with van der Waals surface area (Å²) in [6.45, 7) is 1.10. The zero-order valence-corrected chi connectivity index (χ0v) is 10.1. The van der Waals surface area contributed by atoms with Gasteiger partial charge in [-0.05, 0) is 6.07 Å². The highest BCUT2D eigenvalue weighted by atomic mass is 16.5. The molecule has 0 N–H and O–H groups in total. The fourth-order valence-corrected chi connectivity index (χ4v) is 1.84. The third kappa shape index (κ3) is 2.52. The lowest BCUT2D eigenvalue weighted by Gasteiger charge is -2.38. The Morgan fingerprint density at radius 3 is 2.79 bits per heavy atom. The van der Waals surface area contributed by atoms with E-state index in [4.69, 9.17) is 4.74 Å². The molecule has 2 aromatic heterocycles. The van der Waals surface area contributed by atoms with Gasteiger partial charge in [-0.1, -0.05) is 6.07 Å². The van der Waals surface area contributed by atoms with E-state index < -0.39 is 0 Å². The maximum atomic E-state index is 12.0. The zero-order chi connectivity index (χ0) is 13.1.